The molecule has 0 aromatic carbocycles. The van der Waals surface area contributed by atoms with Crippen LogP contribution in [0.25, 0.3) is 0 Å². The molecule has 0 nitrogen and oxygen atoms in total. The van der Waals surface area contributed by atoms with Gasteiger partial charge in [-0.25, -0.2) is 0 Å². The Morgan fingerprint density at radius 2 is 1.58 bits per heavy atom. The van der Waals surface area contributed by atoms with Crippen molar-refractivity contribution in [3.05, 3.63) is 0 Å². The Hall–Kier alpha value is 0. The second-order valence-corrected chi connectivity index (χ2v) is 5.12. The molecule has 0 amide bonds. The molecule has 0 aliphatic heterocycles. The highest BCUT2D eigenvalue weighted by atomic mass is 14.4. The van der Waals surface area contributed by atoms with Crippen molar-refractivity contribution in [3.8, 4) is 0 Å². The SMILES string of the molecule is C[C@@H]1CCC2CCCCC2[C@@H]1C. The van der Waals surface area contributed by atoms with Gasteiger partial charge < -0.3 is 0 Å². The highest BCUT2D eigenvalue weighted by Gasteiger charge is 2.35. The van der Waals surface area contributed by atoms with Crippen LogP contribution in [0.1, 0.15) is 52.4 Å². The first-order chi connectivity index (χ1) is 5.79. The summed E-state index contributed by atoms with van der Waals surface area (Å²) in [5.41, 5.74) is 0. The monoisotopic (exact) mass is 166 g/mol. The van der Waals surface area contributed by atoms with Crippen molar-refractivity contribution in [3.63, 3.8) is 0 Å². The summed E-state index contributed by atoms with van der Waals surface area (Å²) in [5, 5.41) is 0. The van der Waals surface area contributed by atoms with Crippen LogP contribution in [0.3, 0.4) is 0 Å². The molecule has 0 aromatic rings. The van der Waals surface area contributed by atoms with E-state index < -0.39 is 0 Å². The third kappa shape index (κ3) is 1.41. The highest BCUT2D eigenvalue weighted by molar-refractivity contribution is 4.85. The second kappa shape index (κ2) is 3.40. The maximum Gasteiger partial charge on any atom is -0.0358 e. The Kier molecular flexibility index (Phi) is 2.43. The van der Waals surface area contributed by atoms with Crippen LogP contribution >= 0.6 is 0 Å². The average Bonchev–Trinajstić information content (AvgIpc) is 2.12. The molecule has 12 heavy (non-hydrogen) atoms. The summed E-state index contributed by atoms with van der Waals surface area (Å²) >= 11 is 0. The molecule has 0 N–H and O–H groups in total. The zero-order valence-corrected chi connectivity index (χ0v) is 8.55. The second-order valence-electron chi connectivity index (χ2n) is 5.12. The largest absolute Gasteiger partial charge is 0.0622 e. The van der Waals surface area contributed by atoms with E-state index >= 15 is 0 Å². The predicted molar refractivity (Wildman–Crippen MR) is 53.0 cm³/mol. The molecule has 0 saturated heterocycles. The van der Waals surface area contributed by atoms with E-state index in [0.717, 1.165) is 23.7 Å². The molecule has 2 saturated carbocycles. The van der Waals surface area contributed by atoms with Crippen LogP contribution in [0, 0.1) is 23.7 Å². The molecule has 0 heterocycles. The normalized spacial score (nSPS) is 48.5. The van der Waals surface area contributed by atoms with Crippen LogP contribution in [-0.4, -0.2) is 0 Å². The van der Waals surface area contributed by atoms with Crippen molar-refractivity contribution in [1.29, 1.82) is 0 Å². The van der Waals surface area contributed by atoms with Gasteiger partial charge in [0.25, 0.3) is 0 Å². The summed E-state index contributed by atoms with van der Waals surface area (Å²) in [6.07, 6.45) is 9.15. The van der Waals surface area contributed by atoms with E-state index in [0.29, 0.717) is 0 Å². The Morgan fingerprint density at radius 3 is 2.42 bits per heavy atom. The lowest BCUT2D eigenvalue weighted by Crippen LogP contribution is -2.33. The minimum atomic E-state index is 1.00. The number of hydrogen-bond acceptors (Lipinski definition) is 0. The molecule has 70 valence electrons. The van der Waals surface area contributed by atoms with E-state index in [1.54, 1.807) is 6.42 Å². The van der Waals surface area contributed by atoms with Crippen molar-refractivity contribution in [2.45, 2.75) is 52.4 Å². The lowest BCUT2D eigenvalue weighted by atomic mass is 9.63. The maximum absolute atomic E-state index is 2.49. The Labute approximate surface area is 76.7 Å². The van der Waals surface area contributed by atoms with E-state index in [1.807, 2.05) is 0 Å². The van der Waals surface area contributed by atoms with Gasteiger partial charge in [-0.15, -0.1) is 0 Å². The van der Waals surface area contributed by atoms with E-state index in [-0.39, 0.29) is 0 Å². The molecule has 2 rings (SSSR count). The zero-order valence-electron chi connectivity index (χ0n) is 8.55. The van der Waals surface area contributed by atoms with Crippen LogP contribution in [0.15, 0.2) is 0 Å². The number of rotatable bonds is 0. The van der Waals surface area contributed by atoms with Gasteiger partial charge >= 0.3 is 0 Å². The van der Waals surface area contributed by atoms with Crippen molar-refractivity contribution in [2.24, 2.45) is 23.7 Å². The smallest absolute Gasteiger partial charge is 0.0358 e. The molecule has 2 fully saturated rings. The van der Waals surface area contributed by atoms with Gasteiger partial charge in [0.15, 0.2) is 0 Å². The molecular formula is C12H22. The fourth-order valence-corrected chi connectivity index (χ4v) is 3.45. The Morgan fingerprint density at radius 1 is 0.833 bits per heavy atom. The van der Waals surface area contributed by atoms with Crippen LogP contribution in [0.2, 0.25) is 0 Å². The number of fused-ring (bicyclic) bond motifs is 1. The van der Waals surface area contributed by atoms with E-state index in [2.05, 4.69) is 13.8 Å². The molecule has 0 radical (unpaired) electrons. The van der Waals surface area contributed by atoms with Crippen molar-refractivity contribution < 1.29 is 0 Å². The minimum absolute atomic E-state index is 1.00. The van der Waals surface area contributed by atoms with Gasteiger partial charge in [0.1, 0.15) is 0 Å². The maximum atomic E-state index is 2.49. The topological polar surface area (TPSA) is 0 Å². The number of hydrogen-bond donors (Lipinski definition) is 0. The molecule has 0 heteroatoms. The van der Waals surface area contributed by atoms with Crippen molar-refractivity contribution in [1.82, 2.24) is 0 Å². The standard InChI is InChI=1S/C12H22/c1-9-7-8-11-5-3-4-6-12(11)10(9)2/h9-12H,3-8H2,1-2H3/t9-,10-,11?,12?/m1/s1. The molecule has 0 spiro atoms. The average molecular weight is 166 g/mol. The first kappa shape index (κ1) is 8.59. The molecular weight excluding hydrogens is 144 g/mol. The summed E-state index contributed by atoms with van der Waals surface area (Å²) in [7, 11) is 0. The summed E-state index contributed by atoms with van der Waals surface area (Å²) in [4.78, 5) is 0. The van der Waals surface area contributed by atoms with Gasteiger partial charge in [0.2, 0.25) is 0 Å². The third-order valence-corrected chi connectivity index (χ3v) is 4.53. The summed E-state index contributed by atoms with van der Waals surface area (Å²) < 4.78 is 0. The molecule has 2 aliphatic carbocycles. The molecule has 0 aromatic heterocycles. The lowest BCUT2D eigenvalue weighted by Gasteiger charge is -2.43. The van der Waals surface area contributed by atoms with Gasteiger partial charge in [-0.05, 0) is 36.5 Å². The molecule has 2 unspecified atom stereocenters. The molecule has 0 bridgehead atoms. The van der Waals surface area contributed by atoms with Gasteiger partial charge in [0, 0.05) is 0 Å². The molecule has 2 aliphatic rings. The fourth-order valence-electron chi connectivity index (χ4n) is 3.45. The lowest BCUT2D eigenvalue weighted by molar-refractivity contribution is 0.0734. The fraction of sp³-hybridized carbons (Fsp3) is 1.00. The van der Waals surface area contributed by atoms with Crippen LogP contribution < -0.4 is 0 Å². The third-order valence-electron chi connectivity index (χ3n) is 4.53. The van der Waals surface area contributed by atoms with E-state index in [1.165, 1.54) is 32.1 Å². The van der Waals surface area contributed by atoms with Gasteiger partial charge in [0.05, 0.1) is 0 Å². The first-order valence-corrected chi connectivity index (χ1v) is 5.79. The van der Waals surface area contributed by atoms with Crippen LogP contribution in [-0.2, 0) is 0 Å². The minimum Gasteiger partial charge on any atom is -0.0622 e. The van der Waals surface area contributed by atoms with Crippen LogP contribution in [0.5, 0.6) is 0 Å². The Balaban J connectivity index is 2.03. The quantitative estimate of drug-likeness (QED) is 0.512. The summed E-state index contributed by atoms with van der Waals surface area (Å²) in [6, 6.07) is 0. The van der Waals surface area contributed by atoms with Gasteiger partial charge in [-0.3, -0.25) is 0 Å². The summed E-state index contributed by atoms with van der Waals surface area (Å²) in [6.45, 7) is 4.95. The van der Waals surface area contributed by atoms with Gasteiger partial charge in [-0.2, -0.15) is 0 Å². The first-order valence-electron chi connectivity index (χ1n) is 5.79. The Bertz CT molecular complexity index is 148. The van der Waals surface area contributed by atoms with E-state index in [4.69, 9.17) is 0 Å². The van der Waals surface area contributed by atoms with Crippen molar-refractivity contribution >= 4 is 0 Å². The predicted octanol–water partition coefficient (Wildman–Crippen LogP) is 3.86. The van der Waals surface area contributed by atoms with E-state index in [9.17, 15) is 0 Å². The van der Waals surface area contributed by atoms with Crippen LogP contribution in [0.4, 0.5) is 0 Å². The van der Waals surface area contributed by atoms with Crippen molar-refractivity contribution in [2.75, 3.05) is 0 Å². The zero-order chi connectivity index (χ0) is 8.55. The van der Waals surface area contributed by atoms with Gasteiger partial charge in [-0.1, -0.05) is 39.5 Å². The summed E-state index contributed by atoms with van der Waals surface area (Å²) in [5.74, 6) is 4.24. The molecule has 4 atom stereocenters. The highest BCUT2D eigenvalue weighted by Crippen LogP contribution is 2.45.